The molecule has 4 heteroatoms. The summed E-state index contributed by atoms with van der Waals surface area (Å²) in [6.07, 6.45) is 0.0318. The van der Waals surface area contributed by atoms with Crippen LogP contribution in [0.15, 0.2) is 29.2 Å². The van der Waals surface area contributed by atoms with E-state index in [-0.39, 0.29) is 12.2 Å². The summed E-state index contributed by atoms with van der Waals surface area (Å²) in [5.41, 5.74) is 0.620. The van der Waals surface area contributed by atoms with Gasteiger partial charge in [0.05, 0.1) is 11.2 Å². The first-order valence-corrected chi connectivity index (χ1v) is 5.06. The molecule has 1 aliphatic rings. The van der Waals surface area contributed by atoms with E-state index in [1.54, 1.807) is 24.3 Å². The number of carbonyl (C=O) groups excluding carboxylic acids is 2. The number of thioether (sulfide) groups is 1. The Hall–Kier alpha value is -1.29. The molecule has 0 aromatic heterocycles. The fraction of sp³-hybridized carbons (Fsp3) is 0.200. The van der Waals surface area contributed by atoms with Crippen LogP contribution in [0, 0.1) is 0 Å². The molecule has 1 atom stereocenters. The number of hydrogen-bond donors (Lipinski definition) is 0. The van der Waals surface area contributed by atoms with Crippen molar-refractivity contribution in [2.45, 2.75) is 16.6 Å². The van der Waals surface area contributed by atoms with Gasteiger partial charge < -0.3 is 9.90 Å². The molecule has 0 radical (unpaired) electrons. The molecule has 0 unspecified atom stereocenters. The van der Waals surface area contributed by atoms with Crippen LogP contribution in [-0.2, 0) is 4.79 Å². The van der Waals surface area contributed by atoms with Crippen LogP contribution in [0.5, 0.6) is 0 Å². The van der Waals surface area contributed by atoms with E-state index < -0.39 is 11.2 Å². The van der Waals surface area contributed by atoms with Gasteiger partial charge in [0.1, 0.15) is 0 Å². The van der Waals surface area contributed by atoms with Crippen LogP contribution in [0.2, 0.25) is 0 Å². The lowest BCUT2D eigenvalue weighted by atomic mass is 10.1. The van der Waals surface area contributed by atoms with Crippen molar-refractivity contribution in [3.8, 4) is 0 Å². The molecule has 0 spiro atoms. The SMILES string of the molecule is O=C1C[C@H](C(=O)[O-])Sc2ccccc21. The van der Waals surface area contributed by atoms with Crippen molar-refractivity contribution in [1.29, 1.82) is 0 Å². The van der Waals surface area contributed by atoms with Crippen molar-refractivity contribution in [3.63, 3.8) is 0 Å². The summed E-state index contributed by atoms with van der Waals surface area (Å²) in [5.74, 6) is -1.29. The second-order valence-corrected chi connectivity index (χ2v) is 4.29. The van der Waals surface area contributed by atoms with Crippen molar-refractivity contribution in [3.05, 3.63) is 29.8 Å². The molecule has 72 valence electrons. The predicted octanol–water partition coefficient (Wildman–Crippen LogP) is 0.484. The minimum atomic E-state index is -1.17. The van der Waals surface area contributed by atoms with E-state index in [0.717, 1.165) is 4.90 Å². The van der Waals surface area contributed by atoms with Crippen molar-refractivity contribution >= 4 is 23.5 Å². The third-order valence-electron chi connectivity index (χ3n) is 2.09. The zero-order chi connectivity index (χ0) is 10.1. The summed E-state index contributed by atoms with van der Waals surface area (Å²) in [4.78, 5) is 22.9. The molecule has 0 fully saturated rings. The number of rotatable bonds is 1. The summed E-state index contributed by atoms with van der Waals surface area (Å²) in [6, 6.07) is 7.04. The van der Waals surface area contributed by atoms with E-state index in [1.807, 2.05) is 0 Å². The van der Waals surface area contributed by atoms with E-state index in [1.165, 1.54) is 11.8 Å². The van der Waals surface area contributed by atoms with Crippen LogP contribution < -0.4 is 5.11 Å². The lowest BCUT2D eigenvalue weighted by molar-refractivity contribution is -0.304. The number of benzene rings is 1. The van der Waals surface area contributed by atoms with Gasteiger partial charge in [-0.3, -0.25) is 4.79 Å². The van der Waals surface area contributed by atoms with Gasteiger partial charge in [0.25, 0.3) is 0 Å². The van der Waals surface area contributed by atoms with E-state index in [2.05, 4.69) is 0 Å². The number of aliphatic carboxylic acids is 1. The van der Waals surface area contributed by atoms with Crippen LogP contribution in [-0.4, -0.2) is 17.0 Å². The number of hydrogen-bond acceptors (Lipinski definition) is 4. The quantitative estimate of drug-likeness (QED) is 0.672. The molecule has 1 aliphatic heterocycles. The van der Waals surface area contributed by atoms with Gasteiger partial charge in [-0.05, 0) is 6.07 Å². The van der Waals surface area contributed by atoms with Gasteiger partial charge in [-0.1, -0.05) is 18.2 Å². The smallest absolute Gasteiger partial charge is 0.165 e. The topological polar surface area (TPSA) is 57.2 Å². The number of fused-ring (bicyclic) bond motifs is 1. The Bertz CT molecular complexity index is 400. The van der Waals surface area contributed by atoms with Crippen LogP contribution in [0.3, 0.4) is 0 Å². The van der Waals surface area contributed by atoms with Crippen molar-refractivity contribution in [2.75, 3.05) is 0 Å². The number of carboxylic acid groups (broad SMARTS) is 1. The molecule has 0 aliphatic carbocycles. The fourth-order valence-electron chi connectivity index (χ4n) is 1.40. The van der Waals surface area contributed by atoms with E-state index >= 15 is 0 Å². The maximum absolute atomic E-state index is 11.5. The molecule has 1 aromatic rings. The lowest BCUT2D eigenvalue weighted by Crippen LogP contribution is -2.36. The predicted molar refractivity (Wildman–Crippen MR) is 50.0 cm³/mol. The average Bonchev–Trinajstić information content (AvgIpc) is 2.17. The number of ketones is 1. The highest BCUT2D eigenvalue weighted by Gasteiger charge is 2.25. The first kappa shape index (κ1) is 9.27. The highest BCUT2D eigenvalue weighted by atomic mass is 32.2. The Balaban J connectivity index is 2.38. The largest absolute Gasteiger partial charge is 0.549 e. The van der Waals surface area contributed by atoms with Crippen LogP contribution >= 0.6 is 11.8 Å². The molecule has 2 rings (SSSR count). The van der Waals surface area contributed by atoms with Gasteiger partial charge in [0.2, 0.25) is 0 Å². The molecule has 0 amide bonds. The first-order valence-electron chi connectivity index (χ1n) is 4.18. The van der Waals surface area contributed by atoms with Crippen molar-refractivity contribution < 1.29 is 14.7 Å². The summed E-state index contributed by atoms with van der Waals surface area (Å²) < 4.78 is 0. The second-order valence-electron chi connectivity index (χ2n) is 3.05. The molecule has 1 aromatic carbocycles. The molecule has 0 saturated carbocycles. The molecule has 0 saturated heterocycles. The summed E-state index contributed by atoms with van der Waals surface area (Å²) in [7, 11) is 0. The van der Waals surface area contributed by atoms with Gasteiger partial charge in [0, 0.05) is 16.9 Å². The number of Topliss-reactive ketones (excluding diaryl/α,β-unsaturated/α-hetero) is 1. The fourth-order valence-corrected chi connectivity index (χ4v) is 2.51. The minimum Gasteiger partial charge on any atom is -0.549 e. The molecule has 3 nitrogen and oxygen atoms in total. The van der Waals surface area contributed by atoms with Gasteiger partial charge in [-0.25, -0.2) is 0 Å². The van der Waals surface area contributed by atoms with Crippen LogP contribution in [0.25, 0.3) is 0 Å². The monoisotopic (exact) mass is 207 g/mol. The zero-order valence-electron chi connectivity index (χ0n) is 7.23. The first-order chi connectivity index (χ1) is 6.68. The Labute approximate surface area is 85.1 Å². The third kappa shape index (κ3) is 1.53. The summed E-state index contributed by atoms with van der Waals surface area (Å²) >= 11 is 1.19. The average molecular weight is 207 g/mol. The maximum atomic E-state index is 11.5. The van der Waals surface area contributed by atoms with Crippen molar-refractivity contribution in [1.82, 2.24) is 0 Å². The van der Waals surface area contributed by atoms with Crippen LogP contribution in [0.1, 0.15) is 16.8 Å². The van der Waals surface area contributed by atoms with Gasteiger partial charge in [-0.15, -0.1) is 11.8 Å². The summed E-state index contributed by atoms with van der Waals surface area (Å²) in [5, 5.41) is 9.89. The maximum Gasteiger partial charge on any atom is 0.165 e. The standard InChI is InChI=1S/C10H8O3S/c11-7-5-9(10(12)13)14-8-4-2-1-3-6(7)8/h1-4,9H,5H2,(H,12,13)/p-1/t9-/m1/s1. The Kier molecular flexibility index (Phi) is 2.29. The lowest BCUT2D eigenvalue weighted by Gasteiger charge is -2.23. The summed E-state index contributed by atoms with van der Waals surface area (Å²) in [6.45, 7) is 0. The normalized spacial score (nSPS) is 20.3. The number of carboxylic acids is 1. The Morgan fingerprint density at radius 1 is 1.43 bits per heavy atom. The van der Waals surface area contributed by atoms with Crippen molar-refractivity contribution in [2.24, 2.45) is 0 Å². The van der Waals surface area contributed by atoms with E-state index in [9.17, 15) is 14.7 Å². The van der Waals surface area contributed by atoms with Crippen LogP contribution in [0.4, 0.5) is 0 Å². The van der Waals surface area contributed by atoms with Gasteiger partial charge >= 0.3 is 0 Å². The molecular formula is C10H7O3S-. The third-order valence-corrected chi connectivity index (χ3v) is 3.34. The number of carbonyl (C=O) groups is 2. The molecular weight excluding hydrogens is 200 g/mol. The molecule has 0 bridgehead atoms. The molecule has 1 heterocycles. The Morgan fingerprint density at radius 2 is 2.14 bits per heavy atom. The van der Waals surface area contributed by atoms with Gasteiger partial charge in [-0.2, -0.15) is 0 Å². The highest BCUT2D eigenvalue weighted by molar-refractivity contribution is 8.00. The molecule has 0 N–H and O–H groups in total. The highest BCUT2D eigenvalue weighted by Crippen LogP contribution is 2.34. The Morgan fingerprint density at radius 3 is 2.86 bits per heavy atom. The minimum absolute atomic E-state index is 0.0318. The van der Waals surface area contributed by atoms with Gasteiger partial charge in [0.15, 0.2) is 5.78 Å². The second kappa shape index (κ2) is 3.46. The van der Waals surface area contributed by atoms with E-state index in [0.29, 0.717) is 5.56 Å². The zero-order valence-corrected chi connectivity index (χ0v) is 8.04. The molecule has 14 heavy (non-hydrogen) atoms. The van der Waals surface area contributed by atoms with E-state index in [4.69, 9.17) is 0 Å².